The van der Waals surface area contributed by atoms with Gasteiger partial charge in [0.2, 0.25) is 5.91 Å². The van der Waals surface area contributed by atoms with Crippen LogP contribution < -0.4 is 11.1 Å². The van der Waals surface area contributed by atoms with Crippen molar-refractivity contribution in [3.63, 3.8) is 0 Å². The molecule has 1 atom stereocenters. The molecule has 4 heteroatoms. The fourth-order valence-electron chi connectivity index (χ4n) is 2.14. The molecule has 0 radical (unpaired) electrons. The summed E-state index contributed by atoms with van der Waals surface area (Å²) in [4.78, 5) is 13.8. The minimum absolute atomic E-state index is 0.258. The lowest BCUT2D eigenvalue weighted by Crippen LogP contribution is -2.30. The standard InChI is InChI=1S/C14H31N3O/c1-12(2)13(8-9-15)6-7-14(18)17(4)11-5-10-16-3/h12-13,16H,5-11,15H2,1-4H3. The van der Waals surface area contributed by atoms with Gasteiger partial charge < -0.3 is 16.0 Å². The number of hydrogen-bond donors (Lipinski definition) is 2. The van der Waals surface area contributed by atoms with Crippen molar-refractivity contribution in [2.75, 3.05) is 33.7 Å². The van der Waals surface area contributed by atoms with Gasteiger partial charge >= 0.3 is 0 Å². The maximum Gasteiger partial charge on any atom is 0.222 e. The lowest BCUT2D eigenvalue weighted by atomic mass is 9.88. The molecular formula is C14H31N3O. The molecule has 0 spiro atoms. The van der Waals surface area contributed by atoms with Crippen LogP contribution in [0.15, 0.2) is 0 Å². The summed E-state index contributed by atoms with van der Waals surface area (Å²) in [5.41, 5.74) is 5.61. The SMILES string of the molecule is CNCCCN(C)C(=O)CCC(CCN)C(C)C. The fraction of sp³-hybridized carbons (Fsp3) is 0.929. The van der Waals surface area contributed by atoms with Crippen LogP contribution >= 0.6 is 0 Å². The van der Waals surface area contributed by atoms with E-state index in [2.05, 4.69) is 19.2 Å². The number of hydrogen-bond acceptors (Lipinski definition) is 3. The summed E-state index contributed by atoms with van der Waals surface area (Å²) in [6.07, 6.45) is 3.65. The van der Waals surface area contributed by atoms with Gasteiger partial charge in [0.15, 0.2) is 0 Å². The van der Waals surface area contributed by atoms with E-state index >= 15 is 0 Å². The van der Waals surface area contributed by atoms with E-state index in [9.17, 15) is 4.79 Å². The highest BCUT2D eigenvalue weighted by Crippen LogP contribution is 2.20. The zero-order chi connectivity index (χ0) is 14.0. The average molecular weight is 257 g/mol. The number of nitrogens with two attached hydrogens (primary N) is 1. The van der Waals surface area contributed by atoms with Crippen molar-refractivity contribution in [2.45, 2.75) is 39.5 Å². The average Bonchev–Trinajstić information content (AvgIpc) is 2.33. The van der Waals surface area contributed by atoms with Gasteiger partial charge in [-0.15, -0.1) is 0 Å². The van der Waals surface area contributed by atoms with Gasteiger partial charge in [0.1, 0.15) is 0 Å². The molecule has 0 aliphatic rings. The first-order chi connectivity index (χ1) is 8.52. The van der Waals surface area contributed by atoms with Gasteiger partial charge in [0.25, 0.3) is 0 Å². The number of carbonyl (C=O) groups excluding carboxylic acids is 1. The second kappa shape index (κ2) is 10.3. The zero-order valence-corrected chi connectivity index (χ0v) is 12.5. The van der Waals surface area contributed by atoms with Crippen LogP contribution in [0.2, 0.25) is 0 Å². The van der Waals surface area contributed by atoms with Crippen molar-refractivity contribution in [3.05, 3.63) is 0 Å². The molecule has 0 saturated carbocycles. The number of rotatable bonds is 10. The Morgan fingerprint density at radius 3 is 2.50 bits per heavy atom. The summed E-state index contributed by atoms with van der Waals surface area (Å²) >= 11 is 0. The summed E-state index contributed by atoms with van der Waals surface area (Å²) in [7, 11) is 3.83. The van der Waals surface area contributed by atoms with Crippen LogP contribution in [0.3, 0.4) is 0 Å². The summed E-state index contributed by atoms with van der Waals surface area (Å²) in [5, 5.41) is 3.09. The Kier molecular flexibility index (Phi) is 9.98. The smallest absolute Gasteiger partial charge is 0.222 e. The molecule has 3 N–H and O–H groups in total. The van der Waals surface area contributed by atoms with Crippen LogP contribution in [-0.2, 0) is 4.79 Å². The third-order valence-electron chi connectivity index (χ3n) is 3.56. The number of nitrogens with zero attached hydrogens (tertiary/aromatic N) is 1. The molecule has 0 rings (SSSR count). The van der Waals surface area contributed by atoms with Gasteiger partial charge in [-0.2, -0.15) is 0 Å². The first kappa shape index (κ1) is 17.4. The quantitative estimate of drug-likeness (QED) is 0.583. The van der Waals surface area contributed by atoms with Crippen molar-refractivity contribution in [1.82, 2.24) is 10.2 Å². The molecular weight excluding hydrogens is 226 g/mol. The Hall–Kier alpha value is -0.610. The van der Waals surface area contributed by atoms with E-state index < -0.39 is 0 Å². The third-order valence-corrected chi connectivity index (χ3v) is 3.56. The van der Waals surface area contributed by atoms with Crippen LogP contribution in [0.4, 0.5) is 0 Å². The first-order valence-corrected chi connectivity index (χ1v) is 7.11. The van der Waals surface area contributed by atoms with Gasteiger partial charge in [-0.05, 0) is 51.2 Å². The Labute approximate surface area is 112 Å². The van der Waals surface area contributed by atoms with Crippen LogP contribution in [0.1, 0.15) is 39.5 Å². The summed E-state index contributed by atoms with van der Waals surface area (Å²) in [6, 6.07) is 0. The van der Waals surface area contributed by atoms with E-state index in [-0.39, 0.29) is 5.91 Å². The van der Waals surface area contributed by atoms with E-state index in [4.69, 9.17) is 5.73 Å². The fourth-order valence-corrected chi connectivity index (χ4v) is 2.14. The van der Waals surface area contributed by atoms with Crippen molar-refractivity contribution < 1.29 is 4.79 Å². The molecule has 0 aromatic carbocycles. The monoisotopic (exact) mass is 257 g/mol. The molecule has 108 valence electrons. The molecule has 0 aliphatic carbocycles. The molecule has 0 aliphatic heterocycles. The summed E-state index contributed by atoms with van der Waals surface area (Å²) in [5.74, 6) is 1.44. The molecule has 0 saturated heterocycles. The lowest BCUT2D eigenvalue weighted by molar-refractivity contribution is -0.130. The van der Waals surface area contributed by atoms with Crippen LogP contribution in [0.25, 0.3) is 0 Å². The molecule has 0 bridgehead atoms. The maximum absolute atomic E-state index is 11.9. The first-order valence-electron chi connectivity index (χ1n) is 7.11. The van der Waals surface area contributed by atoms with E-state index in [1.165, 1.54) is 0 Å². The van der Waals surface area contributed by atoms with Gasteiger partial charge in [-0.25, -0.2) is 0 Å². The summed E-state index contributed by atoms with van der Waals surface area (Å²) in [6.45, 7) is 6.93. The van der Waals surface area contributed by atoms with Crippen LogP contribution in [0, 0.1) is 11.8 Å². The highest BCUT2D eigenvalue weighted by Gasteiger charge is 2.16. The zero-order valence-electron chi connectivity index (χ0n) is 12.5. The highest BCUT2D eigenvalue weighted by atomic mass is 16.2. The van der Waals surface area contributed by atoms with Crippen molar-refractivity contribution in [3.8, 4) is 0 Å². The minimum atomic E-state index is 0.258. The van der Waals surface area contributed by atoms with Gasteiger partial charge in [0.05, 0.1) is 0 Å². The Morgan fingerprint density at radius 2 is 2.00 bits per heavy atom. The van der Waals surface area contributed by atoms with E-state index in [0.717, 1.165) is 38.9 Å². The number of amides is 1. The Balaban J connectivity index is 3.91. The maximum atomic E-state index is 11.9. The molecule has 4 nitrogen and oxygen atoms in total. The Bertz CT molecular complexity index is 219. The molecule has 18 heavy (non-hydrogen) atoms. The molecule has 0 heterocycles. The third kappa shape index (κ3) is 7.67. The summed E-state index contributed by atoms with van der Waals surface area (Å²) < 4.78 is 0. The lowest BCUT2D eigenvalue weighted by Gasteiger charge is -2.22. The van der Waals surface area contributed by atoms with Gasteiger partial charge in [-0.3, -0.25) is 4.79 Å². The van der Waals surface area contributed by atoms with Crippen molar-refractivity contribution >= 4 is 5.91 Å². The predicted molar refractivity (Wildman–Crippen MR) is 77.4 cm³/mol. The van der Waals surface area contributed by atoms with Crippen molar-refractivity contribution in [2.24, 2.45) is 17.6 Å². The molecule has 0 fully saturated rings. The molecule has 1 amide bonds. The van der Waals surface area contributed by atoms with E-state index in [1.807, 2.05) is 19.0 Å². The van der Waals surface area contributed by atoms with Crippen LogP contribution in [-0.4, -0.2) is 44.5 Å². The minimum Gasteiger partial charge on any atom is -0.346 e. The second-order valence-corrected chi connectivity index (χ2v) is 5.39. The number of carbonyl (C=O) groups is 1. The van der Waals surface area contributed by atoms with E-state index in [1.54, 1.807) is 0 Å². The molecule has 1 unspecified atom stereocenters. The van der Waals surface area contributed by atoms with E-state index in [0.29, 0.717) is 18.3 Å². The highest BCUT2D eigenvalue weighted by molar-refractivity contribution is 5.75. The molecule has 0 aromatic rings. The predicted octanol–water partition coefficient (Wildman–Crippen LogP) is 1.46. The topological polar surface area (TPSA) is 58.4 Å². The second-order valence-electron chi connectivity index (χ2n) is 5.39. The normalized spacial score (nSPS) is 12.8. The Morgan fingerprint density at radius 1 is 1.33 bits per heavy atom. The number of nitrogens with one attached hydrogen (secondary N) is 1. The van der Waals surface area contributed by atoms with Gasteiger partial charge in [0, 0.05) is 20.0 Å². The van der Waals surface area contributed by atoms with Gasteiger partial charge in [-0.1, -0.05) is 13.8 Å². The van der Waals surface area contributed by atoms with Crippen molar-refractivity contribution in [1.29, 1.82) is 0 Å². The van der Waals surface area contributed by atoms with Crippen LogP contribution in [0.5, 0.6) is 0 Å². The largest absolute Gasteiger partial charge is 0.346 e. The molecule has 0 aromatic heterocycles.